The van der Waals surface area contributed by atoms with Gasteiger partial charge in [0, 0.05) is 25.0 Å². The number of pyridine rings is 1. The first-order valence-corrected chi connectivity index (χ1v) is 6.62. The van der Waals surface area contributed by atoms with E-state index in [1.165, 1.54) is 17.8 Å². The molecule has 1 atom stereocenters. The Labute approximate surface area is 130 Å². The van der Waals surface area contributed by atoms with Gasteiger partial charge in [-0.2, -0.15) is 18.3 Å². The Morgan fingerprint density at radius 2 is 2.04 bits per heavy atom. The van der Waals surface area contributed by atoms with Gasteiger partial charge in [-0.25, -0.2) is 0 Å². The number of aryl methyl sites for hydroxylation is 1. The van der Waals surface area contributed by atoms with Crippen LogP contribution in [0, 0.1) is 0 Å². The van der Waals surface area contributed by atoms with Crippen LogP contribution in [0.25, 0.3) is 0 Å². The second kappa shape index (κ2) is 5.99. The molecular weight excluding hydrogens is 313 g/mol. The minimum Gasteiger partial charge on any atom is -0.383 e. The highest BCUT2D eigenvalue weighted by molar-refractivity contribution is 5.93. The average Bonchev–Trinajstić information content (AvgIpc) is 2.91. The van der Waals surface area contributed by atoms with E-state index in [0.717, 1.165) is 18.3 Å². The van der Waals surface area contributed by atoms with Crippen LogP contribution in [0.5, 0.6) is 0 Å². The Morgan fingerprint density at radius 1 is 1.35 bits per heavy atom. The summed E-state index contributed by atoms with van der Waals surface area (Å²) in [5, 5.41) is 16.7. The van der Waals surface area contributed by atoms with E-state index in [-0.39, 0.29) is 12.1 Å². The van der Waals surface area contributed by atoms with Gasteiger partial charge in [-0.1, -0.05) is 0 Å². The number of carbonyl (C=O) groups is 1. The molecule has 2 aromatic rings. The van der Waals surface area contributed by atoms with E-state index in [1.807, 2.05) is 0 Å². The highest BCUT2D eigenvalue weighted by Crippen LogP contribution is 2.27. The zero-order valence-electron chi connectivity index (χ0n) is 12.4. The van der Waals surface area contributed by atoms with Crippen molar-refractivity contribution in [1.82, 2.24) is 20.1 Å². The molecule has 0 saturated carbocycles. The quantitative estimate of drug-likeness (QED) is 0.891. The number of amides is 1. The van der Waals surface area contributed by atoms with E-state index in [4.69, 9.17) is 0 Å². The van der Waals surface area contributed by atoms with E-state index < -0.39 is 23.4 Å². The maximum Gasteiger partial charge on any atom is 0.433 e. The van der Waals surface area contributed by atoms with Crippen LogP contribution >= 0.6 is 0 Å². The van der Waals surface area contributed by atoms with Crippen molar-refractivity contribution in [3.8, 4) is 0 Å². The van der Waals surface area contributed by atoms with Gasteiger partial charge in [0.05, 0.1) is 18.3 Å². The molecule has 23 heavy (non-hydrogen) atoms. The molecule has 0 spiro atoms. The topological polar surface area (TPSA) is 80.0 Å². The number of nitrogens with zero attached hydrogens (tertiary/aromatic N) is 3. The van der Waals surface area contributed by atoms with Crippen molar-refractivity contribution < 1.29 is 23.1 Å². The summed E-state index contributed by atoms with van der Waals surface area (Å²) in [6, 6.07) is 1.76. The van der Waals surface area contributed by atoms with E-state index in [2.05, 4.69) is 15.4 Å². The molecule has 0 aliphatic rings. The number of aliphatic hydroxyl groups is 1. The van der Waals surface area contributed by atoms with E-state index in [1.54, 1.807) is 13.2 Å². The molecule has 124 valence electrons. The molecule has 2 rings (SSSR count). The Kier molecular flexibility index (Phi) is 4.42. The number of hydrogen-bond donors (Lipinski definition) is 2. The van der Waals surface area contributed by atoms with Gasteiger partial charge in [0.2, 0.25) is 0 Å². The van der Waals surface area contributed by atoms with Crippen LogP contribution in [0.4, 0.5) is 13.2 Å². The molecule has 0 aliphatic heterocycles. The smallest absolute Gasteiger partial charge is 0.383 e. The number of hydrogen-bond acceptors (Lipinski definition) is 4. The molecule has 9 heteroatoms. The molecule has 0 saturated heterocycles. The minimum absolute atomic E-state index is 0.0278. The third-order valence-corrected chi connectivity index (χ3v) is 3.24. The number of rotatable bonds is 4. The predicted molar refractivity (Wildman–Crippen MR) is 74.4 cm³/mol. The van der Waals surface area contributed by atoms with Gasteiger partial charge in [-0.15, -0.1) is 0 Å². The number of aromatic nitrogens is 3. The fraction of sp³-hybridized carbons (Fsp3) is 0.357. The SMILES string of the molecule is Cn1cc(C(C)(O)CNC(=O)c2ccc(C(F)(F)F)nc2)cn1. The lowest BCUT2D eigenvalue weighted by Gasteiger charge is -2.22. The molecule has 1 amide bonds. The van der Waals surface area contributed by atoms with Crippen molar-refractivity contribution in [2.75, 3.05) is 6.54 Å². The summed E-state index contributed by atoms with van der Waals surface area (Å²) < 4.78 is 38.7. The van der Waals surface area contributed by atoms with Crippen molar-refractivity contribution in [1.29, 1.82) is 0 Å². The molecule has 0 fully saturated rings. The summed E-state index contributed by atoms with van der Waals surface area (Å²) in [5.74, 6) is -0.629. The van der Waals surface area contributed by atoms with Gasteiger partial charge >= 0.3 is 6.18 Å². The van der Waals surface area contributed by atoms with Crippen LogP contribution in [0.15, 0.2) is 30.7 Å². The summed E-state index contributed by atoms with van der Waals surface area (Å²) in [5.41, 5.74) is -1.95. The highest BCUT2D eigenvalue weighted by Gasteiger charge is 2.32. The molecule has 0 aliphatic carbocycles. The van der Waals surface area contributed by atoms with E-state index >= 15 is 0 Å². The number of alkyl halides is 3. The van der Waals surface area contributed by atoms with Crippen molar-refractivity contribution >= 4 is 5.91 Å². The van der Waals surface area contributed by atoms with Crippen LogP contribution in [-0.2, 0) is 18.8 Å². The Hall–Kier alpha value is -2.42. The molecule has 0 radical (unpaired) electrons. The van der Waals surface area contributed by atoms with Crippen molar-refractivity contribution in [2.24, 2.45) is 7.05 Å². The average molecular weight is 328 g/mol. The Balaban J connectivity index is 2.02. The summed E-state index contributed by atoms with van der Waals surface area (Å²) in [4.78, 5) is 15.1. The number of nitrogens with one attached hydrogen (secondary N) is 1. The lowest BCUT2D eigenvalue weighted by atomic mass is 9.99. The summed E-state index contributed by atoms with van der Waals surface area (Å²) in [6.45, 7) is 1.37. The Morgan fingerprint density at radius 3 is 2.52 bits per heavy atom. The summed E-state index contributed by atoms with van der Waals surface area (Å²) >= 11 is 0. The third kappa shape index (κ3) is 4.07. The third-order valence-electron chi connectivity index (χ3n) is 3.24. The molecule has 6 nitrogen and oxygen atoms in total. The minimum atomic E-state index is -4.56. The molecule has 2 aromatic heterocycles. The number of halogens is 3. The van der Waals surface area contributed by atoms with Crippen molar-refractivity contribution in [2.45, 2.75) is 18.7 Å². The van der Waals surface area contributed by atoms with Gasteiger partial charge in [-0.3, -0.25) is 14.5 Å². The largest absolute Gasteiger partial charge is 0.433 e. The zero-order chi connectivity index (χ0) is 17.3. The van der Waals surface area contributed by atoms with Crippen LogP contribution in [0.1, 0.15) is 28.5 Å². The van der Waals surface area contributed by atoms with Gasteiger partial charge in [0.25, 0.3) is 5.91 Å². The van der Waals surface area contributed by atoms with Crippen LogP contribution in [-0.4, -0.2) is 32.3 Å². The maximum absolute atomic E-state index is 12.4. The highest BCUT2D eigenvalue weighted by atomic mass is 19.4. The zero-order valence-corrected chi connectivity index (χ0v) is 12.4. The second-order valence-corrected chi connectivity index (χ2v) is 5.29. The van der Waals surface area contributed by atoms with E-state index in [9.17, 15) is 23.1 Å². The van der Waals surface area contributed by atoms with Gasteiger partial charge < -0.3 is 10.4 Å². The first kappa shape index (κ1) is 16.9. The van der Waals surface area contributed by atoms with Gasteiger partial charge in [-0.05, 0) is 19.1 Å². The van der Waals surface area contributed by atoms with Crippen LogP contribution in [0.2, 0.25) is 0 Å². The summed E-state index contributed by atoms with van der Waals surface area (Å²) in [6.07, 6.45) is -0.645. The molecule has 2 heterocycles. The molecule has 0 bridgehead atoms. The lowest BCUT2D eigenvalue weighted by Crippen LogP contribution is -2.38. The molecule has 1 unspecified atom stereocenters. The molecule has 2 N–H and O–H groups in total. The maximum atomic E-state index is 12.4. The fourth-order valence-electron chi connectivity index (χ4n) is 1.85. The fourth-order valence-corrected chi connectivity index (χ4v) is 1.85. The standard InChI is InChI=1S/C14H15F3N4O2/c1-13(23,10-6-20-21(2)7-10)8-19-12(22)9-3-4-11(18-5-9)14(15,16)17/h3-7,23H,8H2,1-2H3,(H,19,22). The van der Waals surface area contributed by atoms with Gasteiger partial charge in [0.1, 0.15) is 11.3 Å². The monoisotopic (exact) mass is 328 g/mol. The van der Waals surface area contributed by atoms with Crippen molar-refractivity contribution in [3.63, 3.8) is 0 Å². The molecule has 0 aromatic carbocycles. The predicted octanol–water partition coefficient (Wildman–Crippen LogP) is 1.47. The second-order valence-electron chi connectivity index (χ2n) is 5.29. The van der Waals surface area contributed by atoms with Crippen LogP contribution in [0.3, 0.4) is 0 Å². The van der Waals surface area contributed by atoms with Gasteiger partial charge in [0.15, 0.2) is 0 Å². The van der Waals surface area contributed by atoms with E-state index in [0.29, 0.717) is 5.56 Å². The summed E-state index contributed by atoms with van der Waals surface area (Å²) in [7, 11) is 1.69. The first-order valence-electron chi connectivity index (χ1n) is 6.62. The first-order chi connectivity index (χ1) is 10.6. The number of carbonyl (C=O) groups excluding carboxylic acids is 1. The normalized spacial score (nSPS) is 14.3. The van der Waals surface area contributed by atoms with Crippen LogP contribution < -0.4 is 5.32 Å². The lowest BCUT2D eigenvalue weighted by molar-refractivity contribution is -0.141. The Bertz CT molecular complexity index is 693. The van der Waals surface area contributed by atoms with Crippen molar-refractivity contribution in [3.05, 3.63) is 47.5 Å². The molecular formula is C14H15F3N4O2.